The summed E-state index contributed by atoms with van der Waals surface area (Å²) in [4.78, 5) is 3.77. The molecule has 0 bridgehead atoms. The molecule has 0 heterocycles. The van der Waals surface area contributed by atoms with Crippen molar-refractivity contribution in [2.24, 2.45) is 16.8 Å². The zero-order valence-electron chi connectivity index (χ0n) is 20.5. The van der Waals surface area contributed by atoms with Gasteiger partial charge >= 0.3 is 0 Å². The Balaban J connectivity index is 1.75. The summed E-state index contributed by atoms with van der Waals surface area (Å²) in [6.45, 7) is 2.19. The third-order valence-electron chi connectivity index (χ3n) is 7.58. The Labute approximate surface area is 216 Å². The lowest BCUT2D eigenvalue weighted by molar-refractivity contribution is 0.177. The highest BCUT2D eigenvalue weighted by Crippen LogP contribution is 2.49. The average Bonchev–Trinajstić information content (AvgIpc) is 2.86. The number of nitrogens with zero attached hydrogens (tertiary/aromatic N) is 1. The molecule has 2 aromatic rings. The van der Waals surface area contributed by atoms with E-state index in [-0.39, 0.29) is 11.5 Å². The first kappa shape index (κ1) is 26.5. The lowest BCUT2D eigenvalue weighted by Crippen LogP contribution is -2.37. The minimum atomic E-state index is -2.69. The van der Waals surface area contributed by atoms with Crippen LogP contribution in [0.4, 0.5) is 17.6 Å². The SMILES string of the molecule is CCCCCC1CCC(C2=CC(F)(c3c(F)cc(F)cc3-c3ccccc3)C(N=C=S)C(F)=C2)CC1. The number of aliphatic imine (C=N–C) groups is 1. The van der Waals surface area contributed by atoms with Gasteiger partial charge in [0.15, 0.2) is 11.7 Å². The van der Waals surface area contributed by atoms with E-state index >= 15 is 13.2 Å². The molecule has 2 unspecified atom stereocenters. The van der Waals surface area contributed by atoms with Crippen LogP contribution in [-0.2, 0) is 5.67 Å². The second kappa shape index (κ2) is 11.7. The molecular weight excluding hydrogens is 482 g/mol. The molecule has 190 valence electrons. The van der Waals surface area contributed by atoms with E-state index < -0.39 is 34.7 Å². The van der Waals surface area contributed by atoms with Crippen molar-refractivity contribution in [3.05, 3.63) is 83.2 Å². The maximum Gasteiger partial charge on any atom is 0.187 e. The number of hydrogen-bond donors (Lipinski definition) is 0. The molecular formula is C30H31F4NS. The predicted molar refractivity (Wildman–Crippen MR) is 140 cm³/mol. The fraction of sp³-hybridized carbons (Fsp3) is 0.433. The fourth-order valence-electron chi connectivity index (χ4n) is 5.73. The molecule has 2 aliphatic rings. The number of alkyl halides is 1. The van der Waals surface area contributed by atoms with Gasteiger partial charge < -0.3 is 0 Å². The zero-order valence-corrected chi connectivity index (χ0v) is 21.3. The van der Waals surface area contributed by atoms with Gasteiger partial charge in [0, 0.05) is 11.6 Å². The Morgan fingerprint density at radius 1 is 1.03 bits per heavy atom. The van der Waals surface area contributed by atoms with Gasteiger partial charge in [0.25, 0.3) is 0 Å². The lowest BCUT2D eigenvalue weighted by atomic mass is 9.72. The number of thiocarbonyl (C=S) groups is 1. The summed E-state index contributed by atoms with van der Waals surface area (Å²) in [5, 5.41) is 2.07. The molecule has 0 aromatic heterocycles. The van der Waals surface area contributed by atoms with Crippen molar-refractivity contribution < 1.29 is 17.6 Å². The van der Waals surface area contributed by atoms with Gasteiger partial charge in [-0.3, -0.25) is 0 Å². The van der Waals surface area contributed by atoms with Crippen molar-refractivity contribution in [3.63, 3.8) is 0 Å². The first-order valence-corrected chi connectivity index (χ1v) is 13.2. The van der Waals surface area contributed by atoms with Crippen molar-refractivity contribution in [1.82, 2.24) is 0 Å². The fourth-order valence-corrected chi connectivity index (χ4v) is 5.84. The molecule has 1 saturated carbocycles. The van der Waals surface area contributed by atoms with Gasteiger partial charge in [-0.1, -0.05) is 62.9 Å². The van der Waals surface area contributed by atoms with E-state index in [2.05, 4.69) is 29.3 Å². The molecule has 2 atom stereocenters. The molecule has 0 aliphatic heterocycles. The van der Waals surface area contributed by atoms with Gasteiger partial charge in [0.1, 0.15) is 17.5 Å². The highest BCUT2D eigenvalue weighted by Gasteiger charge is 2.48. The molecule has 1 fully saturated rings. The first-order chi connectivity index (χ1) is 17.4. The van der Waals surface area contributed by atoms with Crippen molar-refractivity contribution in [3.8, 4) is 11.1 Å². The van der Waals surface area contributed by atoms with Crippen LogP contribution in [-0.4, -0.2) is 11.2 Å². The molecule has 0 spiro atoms. The van der Waals surface area contributed by atoms with Crippen molar-refractivity contribution in [1.29, 1.82) is 0 Å². The Hall–Kier alpha value is -2.56. The molecule has 4 rings (SSSR count). The van der Waals surface area contributed by atoms with Gasteiger partial charge in [-0.05, 0) is 84.7 Å². The Morgan fingerprint density at radius 2 is 1.75 bits per heavy atom. The van der Waals surface area contributed by atoms with Gasteiger partial charge in [0.05, 0.1) is 5.16 Å². The van der Waals surface area contributed by atoms with Crippen LogP contribution in [0.5, 0.6) is 0 Å². The average molecular weight is 514 g/mol. The minimum Gasteiger partial charge on any atom is -0.231 e. The predicted octanol–water partition coefficient (Wildman–Crippen LogP) is 9.45. The van der Waals surface area contributed by atoms with Gasteiger partial charge in [-0.25, -0.2) is 22.6 Å². The minimum absolute atomic E-state index is 0.0186. The Bertz CT molecular complexity index is 1180. The molecule has 0 N–H and O–H groups in total. The molecule has 0 amide bonds. The molecule has 6 heteroatoms. The van der Waals surface area contributed by atoms with Crippen molar-refractivity contribution in [2.45, 2.75) is 70.0 Å². The van der Waals surface area contributed by atoms with Crippen LogP contribution in [0.15, 0.2) is 71.0 Å². The third kappa shape index (κ3) is 5.55. The third-order valence-corrected chi connectivity index (χ3v) is 7.68. The summed E-state index contributed by atoms with van der Waals surface area (Å²) in [5.74, 6) is -2.17. The smallest absolute Gasteiger partial charge is 0.187 e. The monoisotopic (exact) mass is 513 g/mol. The number of isothiocyanates is 1. The second-order valence-electron chi connectivity index (χ2n) is 9.95. The standard InChI is InChI=1S/C30H31F4NS/c1-2-3-5-8-20-11-13-21(14-12-20)23-15-27(33)29(35-19-36)30(34,18-23)28-25(16-24(31)17-26(28)32)22-9-6-4-7-10-22/h4,6-7,9-10,15-18,20-21,29H,2-3,5,8,11-14H2,1H3. The van der Waals surface area contributed by atoms with Crippen LogP contribution in [0.1, 0.15) is 63.9 Å². The van der Waals surface area contributed by atoms with Crippen LogP contribution in [0.3, 0.4) is 0 Å². The van der Waals surface area contributed by atoms with Gasteiger partial charge in [0.2, 0.25) is 0 Å². The highest BCUT2D eigenvalue weighted by molar-refractivity contribution is 7.78. The Morgan fingerprint density at radius 3 is 2.42 bits per heavy atom. The largest absolute Gasteiger partial charge is 0.231 e. The van der Waals surface area contributed by atoms with E-state index in [1.807, 2.05) is 0 Å². The van der Waals surface area contributed by atoms with Crippen LogP contribution in [0.2, 0.25) is 0 Å². The highest BCUT2D eigenvalue weighted by atomic mass is 32.1. The summed E-state index contributed by atoms with van der Waals surface area (Å²) >= 11 is 4.68. The van der Waals surface area contributed by atoms with E-state index in [9.17, 15) is 4.39 Å². The van der Waals surface area contributed by atoms with Crippen molar-refractivity contribution in [2.75, 3.05) is 0 Å². The van der Waals surface area contributed by atoms with Crippen molar-refractivity contribution >= 4 is 17.4 Å². The topological polar surface area (TPSA) is 12.4 Å². The van der Waals surface area contributed by atoms with E-state index in [1.54, 1.807) is 30.3 Å². The van der Waals surface area contributed by atoms with Gasteiger partial charge in [-0.2, -0.15) is 0 Å². The van der Waals surface area contributed by atoms with E-state index in [4.69, 9.17) is 0 Å². The van der Waals surface area contributed by atoms with E-state index in [0.717, 1.165) is 31.7 Å². The van der Waals surface area contributed by atoms with Crippen LogP contribution < -0.4 is 0 Å². The number of rotatable bonds is 8. The van der Waals surface area contributed by atoms with E-state index in [1.165, 1.54) is 37.8 Å². The number of halogens is 4. The summed E-state index contributed by atoms with van der Waals surface area (Å²) in [6, 6.07) is 8.40. The maximum absolute atomic E-state index is 17.1. The normalized spacial score (nSPS) is 26.1. The lowest BCUT2D eigenvalue weighted by Gasteiger charge is -2.36. The number of unbranched alkanes of at least 4 members (excludes halogenated alkanes) is 2. The maximum atomic E-state index is 17.1. The number of allylic oxidation sites excluding steroid dienone is 2. The molecule has 2 aromatic carbocycles. The molecule has 36 heavy (non-hydrogen) atoms. The summed E-state index contributed by atoms with van der Waals surface area (Å²) in [7, 11) is 0. The molecule has 2 aliphatic carbocycles. The molecule has 0 radical (unpaired) electrons. The van der Waals surface area contributed by atoms with Crippen LogP contribution in [0.25, 0.3) is 11.1 Å². The number of hydrogen-bond acceptors (Lipinski definition) is 2. The second-order valence-corrected chi connectivity index (χ2v) is 10.1. The number of benzene rings is 2. The van der Waals surface area contributed by atoms with Gasteiger partial charge in [-0.15, -0.1) is 0 Å². The first-order valence-electron chi connectivity index (χ1n) is 12.8. The zero-order chi connectivity index (χ0) is 25.7. The molecule has 1 nitrogen and oxygen atoms in total. The van der Waals surface area contributed by atoms with Crippen LogP contribution in [0, 0.1) is 23.5 Å². The Kier molecular flexibility index (Phi) is 8.58. The van der Waals surface area contributed by atoms with Crippen LogP contribution >= 0.6 is 12.2 Å². The summed E-state index contributed by atoms with van der Waals surface area (Å²) < 4.78 is 62.3. The summed E-state index contributed by atoms with van der Waals surface area (Å²) in [6.07, 6.45) is 11.1. The summed E-state index contributed by atoms with van der Waals surface area (Å²) in [5.41, 5.74) is -2.19. The quantitative estimate of drug-likeness (QED) is 0.148. The van der Waals surface area contributed by atoms with E-state index in [0.29, 0.717) is 23.1 Å². The molecule has 0 saturated heterocycles.